The quantitative estimate of drug-likeness (QED) is 0.576. The van der Waals surface area contributed by atoms with E-state index in [2.05, 4.69) is 16.8 Å². The number of nitrogens with zero attached hydrogens (tertiary/aromatic N) is 1. The van der Waals surface area contributed by atoms with Gasteiger partial charge in [-0.2, -0.15) is 0 Å². The molecule has 1 aromatic rings. The fourth-order valence-corrected chi connectivity index (χ4v) is 1.22. The van der Waals surface area contributed by atoms with Crippen molar-refractivity contribution in [2.24, 2.45) is 0 Å². The number of aliphatic hydroxyl groups is 1. The van der Waals surface area contributed by atoms with Gasteiger partial charge < -0.3 is 5.11 Å². The maximum atomic E-state index is 8.49. The first-order valence-electron chi connectivity index (χ1n) is 3.65. The standard InChI is InChI=1S/C9H7Cl2NO/c10-8-5-7(3-1-2-4-13)6-9(11)12-8/h5-6,13H,2,4H2. The summed E-state index contributed by atoms with van der Waals surface area (Å²) in [4.78, 5) is 3.78. The molecule has 0 aliphatic heterocycles. The van der Waals surface area contributed by atoms with Gasteiger partial charge >= 0.3 is 0 Å². The Morgan fingerprint density at radius 3 is 2.46 bits per heavy atom. The van der Waals surface area contributed by atoms with Crippen molar-refractivity contribution in [3.8, 4) is 11.8 Å². The molecule has 0 unspecified atom stereocenters. The highest BCUT2D eigenvalue weighted by Gasteiger charge is 1.95. The van der Waals surface area contributed by atoms with Crippen molar-refractivity contribution < 1.29 is 5.11 Å². The van der Waals surface area contributed by atoms with Crippen LogP contribution in [0.4, 0.5) is 0 Å². The number of hydrogen-bond acceptors (Lipinski definition) is 2. The monoisotopic (exact) mass is 215 g/mol. The second-order valence-corrected chi connectivity index (χ2v) is 3.05. The summed E-state index contributed by atoms with van der Waals surface area (Å²) >= 11 is 11.3. The van der Waals surface area contributed by atoms with Crippen molar-refractivity contribution in [2.45, 2.75) is 6.42 Å². The molecule has 0 aliphatic rings. The van der Waals surface area contributed by atoms with E-state index in [1.165, 1.54) is 0 Å². The molecule has 13 heavy (non-hydrogen) atoms. The van der Waals surface area contributed by atoms with Crippen molar-refractivity contribution in [1.29, 1.82) is 0 Å². The summed E-state index contributed by atoms with van der Waals surface area (Å²) < 4.78 is 0. The molecule has 0 amide bonds. The summed E-state index contributed by atoms with van der Waals surface area (Å²) in [7, 11) is 0. The van der Waals surface area contributed by atoms with E-state index >= 15 is 0 Å². The van der Waals surface area contributed by atoms with Gasteiger partial charge in [0.1, 0.15) is 10.3 Å². The smallest absolute Gasteiger partial charge is 0.132 e. The van der Waals surface area contributed by atoms with Crippen LogP contribution in [0.2, 0.25) is 10.3 Å². The normalized spacial score (nSPS) is 9.15. The Balaban J connectivity index is 2.85. The molecular formula is C9H7Cl2NO. The molecule has 0 saturated heterocycles. The molecule has 1 heterocycles. The third-order valence-electron chi connectivity index (χ3n) is 1.23. The number of hydrogen-bond donors (Lipinski definition) is 1. The first-order chi connectivity index (χ1) is 6.22. The minimum Gasteiger partial charge on any atom is -0.395 e. The highest BCUT2D eigenvalue weighted by Crippen LogP contribution is 2.13. The number of aliphatic hydroxyl groups excluding tert-OH is 1. The molecule has 0 aliphatic carbocycles. The van der Waals surface area contributed by atoms with Crippen LogP contribution >= 0.6 is 23.2 Å². The van der Waals surface area contributed by atoms with E-state index in [1.807, 2.05) is 0 Å². The van der Waals surface area contributed by atoms with Gasteiger partial charge in [0.2, 0.25) is 0 Å². The molecule has 0 atom stereocenters. The summed E-state index contributed by atoms with van der Waals surface area (Å²) in [6.45, 7) is 0.0551. The highest BCUT2D eigenvalue weighted by molar-refractivity contribution is 6.32. The Morgan fingerprint density at radius 2 is 1.92 bits per heavy atom. The van der Waals surface area contributed by atoms with Gasteiger partial charge in [0.05, 0.1) is 6.61 Å². The van der Waals surface area contributed by atoms with Crippen molar-refractivity contribution >= 4 is 23.2 Å². The number of pyridine rings is 1. The fraction of sp³-hybridized carbons (Fsp3) is 0.222. The minimum absolute atomic E-state index is 0.0551. The molecule has 0 spiro atoms. The van der Waals surface area contributed by atoms with Gasteiger partial charge in [-0.1, -0.05) is 35.0 Å². The summed E-state index contributed by atoms with van der Waals surface area (Å²) in [6.07, 6.45) is 0.442. The molecule has 1 rings (SSSR count). The molecule has 2 nitrogen and oxygen atoms in total. The van der Waals surface area contributed by atoms with Crippen LogP contribution in [0.5, 0.6) is 0 Å². The van der Waals surface area contributed by atoms with Gasteiger partial charge in [0, 0.05) is 12.0 Å². The molecule has 68 valence electrons. The van der Waals surface area contributed by atoms with Crippen molar-refractivity contribution in [2.75, 3.05) is 6.61 Å². The molecule has 0 aromatic carbocycles. The van der Waals surface area contributed by atoms with E-state index in [9.17, 15) is 0 Å². The third kappa shape index (κ3) is 3.65. The lowest BCUT2D eigenvalue weighted by Gasteiger charge is -1.93. The van der Waals surface area contributed by atoms with Gasteiger partial charge in [0.25, 0.3) is 0 Å². The topological polar surface area (TPSA) is 33.1 Å². The summed E-state index contributed by atoms with van der Waals surface area (Å²) in [5, 5.41) is 9.13. The van der Waals surface area contributed by atoms with Gasteiger partial charge in [-0.25, -0.2) is 4.98 Å². The third-order valence-corrected chi connectivity index (χ3v) is 1.62. The summed E-state index contributed by atoms with van der Waals surface area (Å²) in [5.74, 6) is 5.57. The number of halogens is 2. The first-order valence-corrected chi connectivity index (χ1v) is 4.41. The average molecular weight is 216 g/mol. The van der Waals surface area contributed by atoms with Crippen LogP contribution in [0.25, 0.3) is 0 Å². The van der Waals surface area contributed by atoms with E-state index in [4.69, 9.17) is 28.3 Å². The van der Waals surface area contributed by atoms with E-state index < -0.39 is 0 Å². The molecule has 4 heteroatoms. The fourth-order valence-electron chi connectivity index (χ4n) is 0.758. The number of aromatic nitrogens is 1. The van der Waals surface area contributed by atoms with Crippen LogP contribution in [0.3, 0.4) is 0 Å². The predicted octanol–water partition coefficient (Wildman–Crippen LogP) is 2.12. The van der Waals surface area contributed by atoms with Crippen LogP contribution in [0.15, 0.2) is 12.1 Å². The first kappa shape index (κ1) is 10.3. The van der Waals surface area contributed by atoms with Gasteiger partial charge in [-0.3, -0.25) is 0 Å². The Bertz CT molecular complexity index is 334. The van der Waals surface area contributed by atoms with Crippen molar-refractivity contribution in [1.82, 2.24) is 4.98 Å². The van der Waals surface area contributed by atoms with Crippen LogP contribution < -0.4 is 0 Å². The largest absolute Gasteiger partial charge is 0.395 e. The summed E-state index contributed by atoms with van der Waals surface area (Å²) in [6, 6.07) is 3.25. The Kier molecular flexibility index (Phi) is 4.04. The second kappa shape index (κ2) is 5.08. The lowest BCUT2D eigenvalue weighted by Crippen LogP contribution is -1.81. The summed E-state index contributed by atoms with van der Waals surface area (Å²) in [5.41, 5.74) is 0.707. The predicted molar refractivity (Wildman–Crippen MR) is 52.8 cm³/mol. The minimum atomic E-state index is 0.0551. The van der Waals surface area contributed by atoms with Crippen LogP contribution in [-0.4, -0.2) is 16.7 Å². The molecule has 1 N–H and O–H groups in total. The Labute approximate surface area is 86.5 Å². The van der Waals surface area contributed by atoms with E-state index in [1.54, 1.807) is 12.1 Å². The highest BCUT2D eigenvalue weighted by atomic mass is 35.5. The van der Waals surface area contributed by atoms with Crippen molar-refractivity contribution in [3.05, 3.63) is 28.0 Å². The van der Waals surface area contributed by atoms with Gasteiger partial charge in [-0.05, 0) is 12.1 Å². The zero-order valence-electron chi connectivity index (χ0n) is 6.72. The van der Waals surface area contributed by atoms with E-state index in [-0.39, 0.29) is 6.61 Å². The Hall–Kier alpha value is -0.750. The Morgan fingerprint density at radius 1 is 1.31 bits per heavy atom. The van der Waals surface area contributed by atoms with Crippen molar-refractivity contribution in [3.63, 3.8) is 0 Å². The molecule has 0 bridgehead atoms. The zero-order chi connectivity index (χ0) is 9.68. The molecular weight excluding hydrogens is 209 g/mol. The SMILES string of the molecule is OCCC#Cc1cc(Cl)nc(Cl)c1. The van der Waals surface area contributed by atoms with Gasteiger partial charge in [0.15, 0.2) is 0 Å². The molecule has 0 saturated carbocycles. The zero-order valence-corrected chi connectivity index (χ0v) is 8.23. The van der Waals surface area contributed by atoms with Gasteiger partial charge in [-0.15, -0.1) is 0 Å². The maximum Gasteiger partial charge on any atom is 0.132 e. The van der Waals surface area contributed by atoms with E-state index in [0.29, 0.717) is 22.3 Å². The molecule has 0 radical (unpaired) electrons. The number of rotatable bonds is 1. The van der Waals surface area contributed by atoms with Crippen LogP contribution in [0.1, 0.15) is 12.0 Å². The average Bonchev–Trinajstić information content (AvgIpc) is 2.03. The second-order valence-electron chi connectivity index (χ2n) is 2.28. The lowest BCUT2D eigenvalue weighted by atomic mass is 10.2. The maximum absolute atomic E-state index is 8.49. The molecule has 0 fully saturated rings. The van der Waals surface area contributed by atoms with Crippen LogP contribution in [-0.2, 0) is 0 Å². The molecule has 1 aromatic heterocycles. The lowest BCUT2D eigenvalue weighted by molar-refractivity contribution is 0.305. The van der Waals surface area contributed by atoms with E-state index in [0.717, 1.165) is 0 Å². The van der Waals surface area contributed by atoms with Crippen LogP contribution in [0, 0.1) is 11.8 Å².